The standard InChI is InChI=1S/C20H28N8/c21-8-10-23-15-1-3-16(4-2-15)25-20-26-18-17(5-9-24-18)19(27-20)28-11-6-14(13-22)7-12-28/h1-5,9,14,23H,6-8,10-13,21-22H2,(H2,24,25,26,27). The van der Waals surface area contributed by atoms with Crippen molar-refractivity contribution in [2.75, 3.05) is 48.3 Å². The molecule has 0 aliphatic carbocycles. The predicted octanol–water partition coefficient (Wildman–Crippen LogP) is 2.25. The largest absolute Gasteiger partial charge is 0.384 e. The van der Waals surface area contributed by atoms with Crippen LogP contribution in [0.2, 0.25) is 0 Å². The Bertz CT molecular complexity index is 896. The number of nitrogens with one attached hydrogen (secondary N) is 3. The van der Waals surface area contributed by atoms with Crippen molar-refractivity contribution < 1.29 is 0 Å². The molecule has 0 bridgehead atoms. The van der Waals surface area contributed by atoms with Crippen LogP contribution in [-0.2, 0) is 0 Å². The molecule has 3 heterocycles. The molecule has 0 unspecified atom stereocenters. The number of aromatic nitrogens is 3. The van der Waals surface area contributed by atoms with Gasteiger partial charge in [0.05, 0.1) is 5.39 Å². The van der Waals surface area contributed by atoms with Crippen LogP contribution in [0.4, 0.5) is 23.1 Å². The average molecular weight is 381 g/mol. The molecule has 0 saturated carbocycles. The topological polar surface area (TPSA) is 121 Å². The second-order valence-electron chi connectivity index (χ2n) is 7.19. The summed E-state index contributed by atoms with van der Waals surface area (Å²) in [4.78, 5) is 15.0. The van der Waals surface area contributed by atoms with Gasteiger partial charge in [0.25, 0.3) is 0 Å². The average Bonchev–Trinajstić information content (AvgIpc) is 3.21. The van der Waals surface area contributed by atoms with E-state index >= 15 is 0 Å². The number of benzene rings is 1. The van der Waals surface area contributed by atoms with E-state index in [4.69, 9.17) is 16.5 Å². The number of nitrogens with two attached hydrogens (primary N) is 2. The van der Waals surface area contributed by atoms with Gasteiger partial charge < -0.3 is 32.0 Å². The van der Waals surface area contributed by atoms with E-state index in [1.807, 2.05) is 36.5 Å². The Morgan fingerprint density at radius 3 is 2.50 bits per heavy atom. The molecule has 1 fully saturated rings. The molecule has 28 heavy (non-hydrogen) atoms. The number of hydrogen-bond acceptors (Lipinski definition) is 7. The molecule has 2 aromatic heterocycles. The van der Waals surface area contributed by atoms with Crippen LogP contribution in [-0.4, -0.2) is 47.7 Å². The Balaban J connectivity index is 1.55. The molecule has 148 valence electrons. The number of nitrogens with zero attached hydrogens (tertiary/aromatic N) is 3. The fourth-order valence-electron chi connectivity index (χ4n) is 3.62. The molecule has 0 radical (unpaired) electrons. The molecule has 1 aliphatic rings. The number of anilines is 4. The molecule has 7 N–H and O–H groups in total. The van der Waals surface area contributed by atoms with E-state index in [2.05, 4.69) is 25.5 Å². The van der Waals surface area contributed by atoms with Gasteiger partial charge in [-0.2, -0.15) is 9.97 Å². The van der Waals surface area contributed by atoms with E-state index in [1.165, 1.54) is 0 Å². The van der Waals surface area contributed by atoms with Gasteiger partial charge >= 0.3 is 0 Å². The lowest BCUT2D eigenvalue weighted by atomic mass is 9.97. The summed E-state index contributed by atoms with van der Waals surface area (Å²) in [6.07, 6.45) is 4.12. The van der Waals surface area contributed by atoms with Crippen molar-refractivity contribution in [3.63, 3.8) is 0 Å². The molecule has 1 saturated heterocycles. The molecular formula is C20H28N8. The smallest absolute Gasteiger partial charge is 0.231 e. The Morgan fingerprint density at radius 2 is 1.79 bits per heavy atom. The molecule has 0 spiro atoms. The minimum Gasteiger partial charge on any atom is -0.384 e. The third-order valence-electron chi connectivity index (χ3n) is 5.26. The van der Waals surface area contributed by atoms with E-state index in [0.717, 1.165) is 67.2 Å². The molecule has 0 amide bonds. The van der Waals surface area contributed by atoms with Crippen molar-refractivity contribution in [1.29, 1.82) is 0 Å². The Hall–Kier alpha value is -2.84. The molecule has 3 aromatic rings. The zero-order chi connectivity index (χ0) is 19.3. The number of rotatable bonds is 7. The fraction of sp³-hybridized carbons (Fsp3) is 0.400. The van der Waals surface area contributed by atoms with Crippen molar-refractivity contribution in [2.45, 2.75) is 12.8 Å². The van der Waals surface area contributed by atoms with Crippen LogP contribution in [0.3, 0.4) is 0 Å². The SMILES string of the molecule is NCCNc1ccc(Nc2nc(N3CCC(CN)CC3)c3cc[nH]c3n2)cc1. The quantitative estimate of drug-likeness (QED) is 0.426. The van der Waals surface area contributed by atoms with Crippen LogP contribution in [0.1, 0.15) is 12.8 Å². The predicted molar refractivity (Wildman–Crippen MR) is 115 cm³/mol. The molecule has 1 aliphatic heterocycles. The van der Waals surface area contributed by atoms with Gasteiger partial charge in [-0.15, -0.1) is 0 Å². The number of aromatic amines is 1. The molecule has 8 heteroatoms. The lowest BCUT2D eigenvalue weighted by Gasteiger charge is -2.32. The van der Waals surface area contributed by atoms with Crippen LogP contribution in [0.25, 0.3) is 11.0 Å². The van der Waals surface area contributed by atoms with Crippen LogP contribution in [0.5, 0.6) is 0 Å². The highest BCUT2D eigenvalue weighted by Gasteiger charge is 2.22. The van der Waals surface area contributed by atoms with E-state index in [0.29, 0.717) is 18.4 Å². The first-order valence-corrected chi connectivity index (χ1v) is 9.88. The second kappa shape index (κ2) is 8.45. The van der Waals surface area contributed by atoms with Crippen molar-refractivity contribution in [3.8, 4) is 0 Å². The minimum atomic E-state index is 0.591. The minimum absolute atomic E-state index is 0.591. The lowest BCUT2D eigenvalue weighted by Crippen LogP contribution is -2.36. The zero-order valence-electron chi connectivity index (χ0n) is 16.0. The molecule has 4 rings (SSSR count). The van der Waals surface area contributed by atoms with Crippen LogP contribution in [0.15, 0.2) is 36.5 Å². The first-order valence-electron chi connectivity index (χ1n) is 9.88. The highest BCUT2D eigenvalue weighted by molar-refractivity contribution is 5.89. The summed E-state index contributed by atoms with van der Waals surface area (Å²) in [5, 5.41) is 7.64. The van der Waals surface area contributed by atoms with Crippen LogP contribution in [0, 0.1) is 5.92 Å². The third-order valence-corrected chi connectivity index (χ3v) is 5.26. The fourth-order valence-corrected chi connectivity index (χ4v) is 3.62. The van der Waals surface area contributed by atoms with Gasteiger partial charge in [0.2, 0.25) is 5.95 Å². The summed E-state index contributed by atoms with van der Waals surface area (Å²) in [5.74, 6) is 2.18. The van der Waals surface area contributed by atoms with Gasteiger partial charge in [-0.25, -0.2) is 0 Å². The molecular weight excluding hydrogens is 352 g/mol. The molecule has 0 atom stereocenters. The first kappa shape index (κ1) is 18.5. The van der Waals surface area contributed by atoms with E-state index < -0.39 is 0 Å². The van der Waals surface area contributed by atoms with Crippen LogP contribution < -0.4 is 27.0 Å². The van der Waals surface area contributed by atoms with Gasteiger partial charge in [-0.1, -0.05) is 0 Å². The Kier molecular flexibility index (Phi) is 5.59. The summed E-state index contributed by atoms with van der Waals surface area (Å²) >= 11 is 0. The Morgan fingerprint density at radius 1 is 1.04 bits per heavy atom. The van der Waals surface area contributed by atoms with Crippen LogP contribution >= 0.6 is 0 Å². The maximum absolute atomic E-state index is 5.84. The first-order chi connectivity index (χ1) is 13.8. The van der Waals surface area contributed by atoms with E-state index in [9.17, 15) is 0 Å². The normalized spacial score (nSPS) is 15.1. The highest BCUT2D eigenvalue weighted by Crippen LogP contribution is 2.29. The number of piperidine rings is 1. The van der Waals surface area contributed by atoms with Gasteiger partial charge in [-0.05, 0) is 55.6 Å². The van der Waals surface area contributed by atoms with E-state index in [1.54, 1.807) is 0 Å². The summed E-state index contributed by atoms with van der Waals surface area (Å²) in [5.41, 5.74) is 14.2. The van der Waals surface area contributed by atoms with Crippen molar-refractivity contribution in [2.24, 2.45) is 17.4 Å². The summed E-state index contributed by atoms with van der Waals surface area (Å²) < 4.78 is 0. The van der Waals surface area contributed by atoms with Crippen molar-refractivity contribution >= 4 is 34.2 Å². The summed E-state index contributed by atoms with van der Waals surface area (Å²) in [6, 6.07) is 10.1. The zero-order valence-corrected chi connectivity index (χ0v) is 16.0. The maximum atomic E-state index is 5.84. The second-order valence-corrected chi connectivity index (χ2v) is 7.19. The van der Waals surface area contributed by atoms with Crippen molar-refractivity contribution in [1.82, 2.24) is 15.0 Å². The monoisotopic (exact) mass is 380 g/mol. The van der Waals surface area contributed by atoms with Crippen molar-refractivity contribution in [3.05, 3.63) is 36.5 Å². The number of H-pyrrole nitrogens is 1. The lowest BCUT2D eigenvalue weighted by molar-refractivity contribution is 0.413. The van der Waals surface area contributed by atoms with Gasteiger partial charge in [-0.3, -0.25) is 0 Å². The molecule has 1 aromatic carbocycles. The van der Waals surface area contributed by atoms with Gasteiger partial charge in [0, 0.05) is 43.8 Å². The van der Waals surface area contributed by atoms with Gasteiger partial charge in [0.1, 0.15) is 11.5 Å². The summed E-state index contributed by atoms with van der Waals surface area (Å²) in [6.45, 7) is 4.07. The van der Waals surface area contributed by atoms with Gasteiger partial charge in [0.15, 0.2) is 0 Å². The number of hydrogen-bond donors (Lipinski definition) is 5. The third kappa shape index (κ3) is 4.02. The highest BCUT2D eigenvalue weighted by atomic mass is 15.2. The summed E-state index contributed by atoms with van der Waals surface area (Å²) in [7, 11) is 0. The number of fused-ring (bicyclic) bond motifs is 1. The maximum Gasteiger partial charge on any atom is 0.231 e. The molecule has 8 nitrogen and oxygen atoms in total. The Labute approximate surface area is 164 Å². The van der Waals surface area contributed by atoms with E-state index in [-0.39, 0.29) is 0 Å².